The second kappa shape index (κ2) is 6.16. The molecule has 0 amide bonds. The van der Waals surface area contributed by atoms with Crippen molar-refractivity contribution in [2.24, 2.45) is 0 Å². The number of nitrogen functional groups attached to an aromatic ring is 1. The molecule has 1 saturated heterocycles. The Morgan fingerprint density at radius 3 is 2.89 bits per heavy atom. The topological polar surface area (TPSA) is 45.4 Å². The van der Waals surface area contributed by atoms with E-state index >= 15 is 0 Å². The molecule has 1 fully saturated rings. The van der Waals surface area contributed by atoms with E-state index < -0.39 is 0 Å². The molecular weight excluding hydrogens is 224 g/mol. The first-order chi connectivity index (χ1) is 8.69. The molecule has 1 unspecified atom stereocenters. The van der Waals surface area contributed by atoms with Crippen LogP contribution in [0.15, 0.2) is 18.3 Å². The van der Waals surface area contributed by atoms with Crippen molar-refractivity contribution in [2.45, 2.75) is 32.4 Å². The van der Waals surface area contributed by atoms with E-state index in [2.05, 4.69) is 34.8 Å². The van der Waals surface area contributed by atoms with Crippen LogP contribution in [0.25, 0.3) is 0 Å². The summed E-state index contributed by atoms with van der Waals surface area (Å²) >= 11 is 0. The van der Waals surface area contributed by atoms with Crippen molar-refractivity contribution in [2.75, 3.05) is 32.4 Å². The first-order valence-corrected chi connectivity index (χ1v) is 6.82. The number of likely N-dealkylation sites (N-methyl/N-ethyl adjacent to an activating group) is 2. The van der Waals surface area contributed by atoms with E-state index in [4.69, 9.17) is 5.73 Å². The maximum Gasteiger partial charge on any atom is 0.123 e. The fourth-order valence-corrected chi connectivity index (χ4v) is 2.60. The summed E-state index contributed by atoms with van der Waals surface area (Å²) in [6.45, 7) is 6.66. The van der Waals surface area contributed by atoms with Crippen molar-refractivity contribution in [3.8, 4) is 0 Å². The Morgan fingerprint density at radius 2 is 2.33 bits per heavy atom. The molecule has 2 rings (SSSR count). The van der Waals surface area contributed by atoms with Crippen LogP contribution in [0.3, 0.4) is 0 Å². The molecule has 1 aromatic heterocycles. The largest absolute Gasteiger partial charge is 0.384 e. The number of rotatable bonds is 5. The van der Waals surface area contributed by atoms with Crippen LogP contribution in [0.4, 0.5) is 5.82 Å². The monoisotopic (exact) mass is 248 g/mol. The van der Waals surface area contributed by atoms with Crippen LogP contribution < -0.4 is 5.73 Å². The van der Waals surface area contributed by atoms with Gasteiger partial charge in [0, 0.05) is 25.3 Å². The average molecular weight is 248 g/mol. The minimum Gasteiger partial charge on any atom is -0.384 e. The fraction of sp³-hybridized carbons (Fsp3) is 0.643. The lowest BCUT2D eigenvalue weighted by atomic mass is 10.2. The van der Waals surface area contributed by atoms with Crippen LogP contribution in [-0.2, 0) is 6.54 Å². The summed E-state index contributed by atoms with van der Waals surface area (Å²) in [5.41, 5.74) is 6.85. The van der Waals surface area contributed by atoms with E-state index in [1.54, 1.807) is 0 Å². The van der Waals surface area contributed by atoms with Gasteiger partial charge in [-0.05, 0) is 44.6 Å². The fourth-order valence-electron chi connectivity index (χ4n) is 2.60. The second-order valence-electron chi connectivity index (χ2n) is 5.20. The van der Waals surface area contributed by atoms with Gasteiger partial charge in [-0.3, -0.25) is 4.90 Å². The summed E-state index contributed by atoms with van der Waals surface area (Å²) in [7, 11) is 2.23. The predicted molar refractivity (Wildman–Crippen MR) is 75.3 cm³/mol. The van der Waals surface area contributed by atoms with Gasteiger partial charge in [0.05, 0.1) is 0 Å². The lowest BCUT2D eigenvalue weighted by Crippen LogP contribution is -2.38. The van der Waals surface area contributed by atoms with Crippen LogP contribution in [0.5, 0.6) is 0 Å². The normalized spacial score (nSPS) is 20.7. The van der Waals surface area contributed by atoms with Gasteiger partial charge in [-0.25, -0.2) is 4.98 Å². The average Bonchev–Trinajstić information content (AvgIpc) is 2.77. The van der Waals surface area contributed by atoms with Gasteiger partial charge < -0.3 is 10.6 Å². The van der Waals surface area contributed by atoms with Gasteiger partial charge in [0.15, 0.2) is 0 Å². The van der Waals surface area contributed by atoms with Crippen LogP contribution in [0.2, 0.25) is 0 Å². The highest BCUT2D eigenvalue weighted by Crippen LogP contribution is 2.17. The van der Waals surface area contributed by atoms with Gasteiger partial charge in [-0.2, -0.15) is 0 Å². The molecule has 4 nitrogen and oxygen atoms in total. The van der Waals surface area contributed by atoms with Crippen molar-refractivity contribution in [1.82, 2.24) is 14.8 Å². The van der Waals surface area contributed by atoms with Crippen LogP contribution in [0.1, 0.15) is 25.3 Å². The summed E-state index contributed by atoms with van der Waals surface area (Å²) < 4.78 is 0. The second-order valence-corrected chi connectivity index (χ2v) is 5.20. The van der Waals surface area contributed by atoms with Crippen LogP contribution in [-0.4, -0.2) is 47.5 Å². The molecule has 0 aromatic carbocycles. The van der Waals surface area contributed by atoms with Crippen molar-refractivity contribution in [3.63, 3.8) is 0 Å². The van der Waals surface area contributed by atoms with Gasteiger partial charge in [0.25, 0.3) is 0 Å². The molecule has 2 N–H and O–H groups in total. The predicted octanol–water partition coefficient (Wildman–Crippen LogP) is 1.58. The number of pyridine rings is 1. The third kappa shape index (κ3) is 3.43. The summed E-state index contributed by atoms with van der Waals surface area (Å²) in [4.78, 5) is 9.12. The zero-order valence-corrected chi connectivity index (χ0v) is 11.5. The molecule has 0 radical (unpaired) electrons. The number of hydrogen-bond donors (Lipinski definition) is 1. The molecule has 1 aliphatic rings. The Balaban J connectivity index is 1.90. The number of nitrogens with zero attached hydrogens (tertiary/aromatic N) is 3. The summed E-state index contributed by atoms with van der Waals surface area (Å²) in [6, 6.07) is 4.67. The molecule has 2 heterocycles. The smallest absolute Gasteiger partial charge is 0.123 e. The molecule has 1 aromatic rings. The van der Waals surface area contributed by atoms with Crippen molar-refractivity contribution >= 4 is 5.82 Å². The third-order valence-electron chi connectivity index (χ3n) is 3.84. The summed E-state index contributed by atoms with van der Waals surface area (Å²) in [6.07, 6.45) is 4.55. The molecule has 1 atom stereocenters. The Bertz CT molecular complexity index is 363. The molecule has 0 bridgehead atoms. The SMILES string of the molecule is CCN(Cc1ccc(N)nc1)CC1CCCN1C. The van der Waals surface area contributed by atoms with Crippen LogP contribution >= 0.6 is 0 Å². The van der Waals surface area contributed by atoms with E-state index in [1.165, 1.54) is 24.9 Å². The molecule has 0 aliphatic carbocycles. The van der Waals surface area contributed by atoms with E-state index in [-0.39, 0.29) is 0 Å². The Labute approximate surface area is 110 Å². The lowest BCUT2D eigenvalue weighted by molar-refractivity contribution is 0.193. The first-order valence-electron chi connectivity index (χ1n) is 6.82. The van der Waals surface area contributed by atoms with Crippen molar-refractivity contribution in [3.05, 3.63) is 23.9 Å². The van der Waals surface area contributed by atoms with E-state index in [0.29, 0.717) is 11.9 Å². The highest BCUT2D eigenvalue weighted by atomic mass is 15.2. The Kier molecular flexibility index (Phi) is 4.55. The van der Waals surface area contributed by atoms with Gasteiger partial charge in [-0.1, -0.05) is 13.0 Å². The standard InChI is InChI=1S/C14H24N4/c1-3-18(11-13-5-4-8-17(13)2)10-12-6-7-14(15)16-9-12/h6-7,9,13H,3-5,8,10-11H2,1-2H3,(H2,15,16). The van der Waals surface area contributed by atoms with Gasteiger partial charge in [0.1, 0.15) is 5.82 Å². The highest BCUT2D eigenvalue weighted by molar-refractivity contribution is 5.29. The van der Waals surface area contributed by atoms with Gasteiger partial charge in [-0.15, -0.1) is 0 Å². The number of anilines is 1. The van der Waals surface area contributed by atoms with E-state index in [9.17, 15) is 0 Å². The van der Waals surface area contributed by atoms with Gasteiger partial charge in [0.2, 0.25) is 0 Å². The van der Waals surface area contributed by atoms with Crippen LogP contribution in [0, 0.1) is 0 Å². The third-order valence-corrected chi connectivity index (χ3v) is 3.84. The first kappa shape index (κ1) is 13.3. The molecule has 0 saturated carbocycles. The molecule has 0 spiro atoms. The number of aromatic nitrogens is 1. The minimum atomic E-state index is 0.595. The van der Waals surface area contributed by atoms with Crippen molar-refractivity contribution in [1.29, 1.82) is 0 Å². The quantitative estimate of drug-likeness (QED) is 0.859. The van der Waals surface area contributed by atoms with Crippen molar-refractivity contribution < 1.29 is 0 Å². The summed E-state index contributed by atoms with van der Waals surface area (Å²) in [5, 5.41) is 0. The number of hydrogen-bond acceptors (Lipinski definition) is 4. The summed E-state index contributed by atoms with van der Waals surface area (Å²) in [5.74, 6) is 0.595. The molecule has 4 heteroatoms. The molecular formula is C14H24N4. The zero-order chi connectivity index (χ0) is 13.0. The minimum absolute atomic E-state index is 0.595. The maximum atomic E-state index is 5.61. The Morgan fingerprint density at radius 1 is 1.50 bits per heavy atom. The zero-order valence-electron chi connectivity index (χ0n) is 11.5. The number of nitrogens with two attached hydrogens (primary N) is 1. The number of likely N-dealkylation sites (tertiary alicyclic amines) is 1. The molecule has 18 heavy (non-hydrogen) atoms. The lowest BCUT2D eigenvalue weighted by Gasteiger charge is -2.27. The van der Waals surface area contributed by atoms with E-state index in [1.807, 2.05) is 12.3 Å². The maximum absolute atomic E-state index is 5.61. The van der Waals surface area contributed by atoms with Gasteiger partial charge >= 0.3 is 0 Å². The van der Waals surface area contributed by atoms with E-state index in [0.717, 1.165) is 19.6 Å². The molecule has 100 valence electrons. The Hall–Kier alpha value is -1.13. The molecule has 1 aliphatic heterocycles. The highest BCUT2D eigenvalue weighted by Gasteiger charge is 2.22.